The average molecular weight is 387 g/mol. The topological polar surface area (TPSA) is 0 Å². The van der Waals surface area contributed by atoms with E-state index in [9.17, 15) is 0 Å². The van der Waals surface area contributed by atoms with Gasteiger partial charge in [-0.05, 0) is 50.7 Å². The fraction of sp³-hybridized carbons (Fsp3) is 0.448. The van der Waals surface area contributed by atoms with Crippen LogP contribution in [0, 0.1) is 0 Å². The minimum atomic E-state index is 0. The Morgan fingerprint density at radius 3 is 1.69 bits per heavy atom. The summed E-state index contributed by atoms with van der Waals surface area (Å²) in [5.41, 5.74) is 1.53. The van der Waals surface area contributed by atoms with Crippen LogP contribution in [0.2, 0.25) is 0 Å². The first kappa shape index (κ1) is 21.6. The van der Waals surface area contributed by atoms with E-state index in [-0.39, 0.29) is 7.43 Å². The van der Waals surface area contributed by atoms with Crippen molar-refractivity contribution in [2.24, 2.45) is 0 Å². The van der Waals surface area contributed by atoms with Crippen molar-refractivity contribution in [1.29, 1.82) is 0 Å². The molecule has 0 aliphatic carbocycles. The van der Waals surface area contributed by atoms with Crippen molar-refractivity contribution in [3.63, 3.8) is 0 Å². The summed E-state index contributed by atoms with van der Waals surface area (Å²) in [7, 11) is 0. The number of rotatable bonds is 11. The number of hydrogen-bond donors (Lipinski definition) is 0. The number of unbranched alkanes of at least 4 members (excludes halogenated alkanes) is 9. The van der Waals surface area contributed by atoms with Crippen LogP contribution in [0.1, 0.15) is 84.1 Å². The van der Waals surface area contributed by atoms with Gasteiger partial charge in [0.05, 0.1) is 0 Å². The van der Waals surface area contributed by atoms with E-state index in [1.165, 1.54) is 109 Å². The molecular weight excluding hydrogens is 348 g/mol. The van der Waals surface area contributed by atoms with Gasteiger partial charge in [0.2, 0.25) is 0 Å². The second kappa shape index (κ2) is 10.6. The lowest BCUT2D eigenvalue weighted by atomic mass is 9.90. The van der Waals surface area contributed by atoms with E-state index in [1.807, 2.05) is 0 Å². The van der Waals surface area contributed by atoms with Crippen LogP contribution in [0.3, 0.4) is 0 Å². The minimum Gasteiger partial charge on any atom is -0.0776 e. The summed E-state index contributed by atoms with van der Waals surface area (Å²) < 4.78 is 0. The zero-order valence-corrected chi connectivity index (χ0v) is 17.5. The van der Waals surface area contributed by atoms with Crippen LogP contribution >= 0.6 is 0 Å². The Labute approximate surface area is 177 Å². The first-order valence-corrected chi connectivity index (χ1v) is 11.5. The van der Waals surface area contributed by atoms with Gasteiger partial charge >= 0.3 is 0 Å². The van der Waals surface area contributed by atoms with Crippen molar-refractivity contribution in [3.8, 4) is 0 Å². The monoisotopic (exact) mass is 386 g/mol. The molecule has 4 aromatic carbocycles. The fourth-order valence-corrected chi connectivity index (χ4v) is 4.82. The maximum atomic E-state index is 2.37. The second-order valence-electron chi connectivity index (χ2n) is 8.51. The van der Waals surface area contributed by atoms with E-state index < -0.39 is 0 Å². The maximum absolute atomic E-state index is 2.37. The van der Waals surface area contributed by atoms with E-state index in [2.05, 4.69) is 61.5 Å². The molecule has 0 N–H and O–H groups in total. The first-order chi connectivity index (χ1) is 13.9. The third-order valence-electron chi connectivity index (χ3n) is 6.42. The van der Waals surface area contributed by atoms with Gasteiger partial charge < -0.3 is 0 Å². The summed E-state index contributed by atoms with van der Waals surface area (Å²) >= 11 is 0. The number of hydrogen-bond acceptors (Lipinski definition) is 0. The molecule has 29 heavy (non-hydrogen) atoms. The quantitative estimate of drug-likeness (QED) is 0.178. The molecule has 0 spiro atoms. The van der Waals surface area contributed by atoms with Crippen LogP contribution in [0.15, 0.2) is 54.6 Å². The molecule has 0 heterocycles. The summed E-state index contributed by atoms with van der Waals surface area (Å²) in [6.07, 6.45) is 15.2. The van der Waals surface area contributed by atoms with Crippen molar-refractivity contribution in [3.05, 3.63) is 60.2 Å². The third-order valence-corrected chi connectivity index (χ3v) is 6.42. The average Bonchev–Trinajstić information content (AvgIpc) is 2.74. The van der Waals surface area contributed by atoms with Crippen molar-refractivity contribution in [2.45, 2.75) is 85.0 Å². The zero-order valence-electron chi connectivity index (χ0n) is 17.5. The summed E-state index contributed by atoms with van der Waals surface area (Å²) in [6, 6.07) is 20.6. The van der Waals surface area contributed by atoms with E-state index >= 15 is 0 Å². The van der Waals surface area contributed by atoms with Gasteiger partial charge in [-0.25, -0.2) is 0 Å². The molecule has 154 valence electrons. The van der Waals surface area contributed by atoms with E-state index in [0.29, 0.717) is 0 Å². The molecule has 4 aromatic rings. The predicted molar refractivity (Wildman–Crippen MR) is 132 cm³/mol. The molecule has 0 aromatic heterocycles. The smallest absolute Gasteiger partial charge is 0.00240 e. The molecule has 0 fully saturated rings. The van der Waals surface area contributed by atoms with Gasteiger partial charge in [-0.3, -0.25) is 0 Å². The lowest BCUT2D eigenvalue weighted by molar-refractivity contribution is 0.556. The highest BCUT2D eigenvalue weighted by atomic mass is 14.1. The van der Waals surface area contributed by atoms with Gasteiger partial charge in [0.25, 0.3) is 0 Å². The first-order valence-electron chi connectivity index (χ1n) is 11.5. The van der Waals surface area contributed by atoms with Crippen LogP contribution in [0.4, 0.5) is 0 Å². The highest BCUT2D eigenvalue weighted by molar-refractivity contribution is 6.23. The van der Waals surface area contributed by atoms with Crippen molar-refractivity contribution in [1.82, 2.24) is 0 Å². The van der Waals surface area contributed by atoms with Crippen LogP contribution in [0.25, 0.3) is 32.3 Å². The highest BCUT2D eigenvalue weighted by Gasteiger charge is 2.10. The molecule has 0 radical (unpaired) electrons. The second-order valence-corrected chi connectivity index (χ2v) is 8.51. The van der Waals surface area contributed by atoms with Crippen molar-refractivity contribution >= 4 is 32.3 Å². The van der Waals surface area contributed by atoms with E-state index in [1.54, 1.807) is 0 Å². The molecule has 0 unspecified atom stereocenters. The molecule has 0 heteroatoms. The molecule has 4 rings (SSSR count). The standard InChI is InChI=1S/C28H34.CH4/c1-2-3-4-5-6-7-8-9-10-11-13-22-16-17-25-19-18-23-14-12-15-24-20-21-26(22)28(25)27(23)24;/h12,14-21H,2-11,13H2,1H3;1H4. The lowest BCUT2D eigenvalue weighted by Crippen LogP contribution is -1.91. The van der Waals surface area contributed by atoms with Gasteiger partial charge in [-0.2, -0.15) is 0 Å². The Morgan fingerprint density at radius 1 is 0.517 bits per heavy atom. The molecule has 0 saturated heterocycles. The van der Waals surface area contributed by atoms with Gasteiger partial charge in [0.15, 0.2) is 0 Å². The number of aryl methyl sites for hydroxylation is 1. The van der Waals surface area contributed by atoms with Crippen LogP contribution < -0.4 is 0 Å². The fourth-order valence-electron chi connectivity index (χ4n) is 4.82. The molecule has 0 atom stereocenters. The van der Waals surface area contributed by atoms with Gasteiger partial charge in [0, 0.05) is 0 Å². The molecule has 0 bridgehead atoms. The summed E-state index contributed by atoms with van der Waals surface area (Å²) in [5.74, 6) is 0. The molecule has 0 aliphatic rings. The van der Waals surface area contributed by atoms with E-state index in [4.69, 9.17) is 0 Å². The normalized spacial score (nSPS) is 11.5. The largest absolute Gasteiger partial charge is 0.0776 e. The van der Waals surface area contributed by atoms with Gasteiger partial charge in [-0.15, -0.1) is 0 Å². The third kappa shape index (κ3) is 4.92. The Balaban J connectivity index is 0.00000240. The minimum absolute atomic E-state index is 0. The lowest BCUT2D eigenvalue weighted by Gasteiger charge is -2.14. The summed E-state index contributed by atoms with van der Waals surface area (Å²) in [4.78, 5) is 0. The van der Waals surface area contributed by atoms with Crippen LogP contribution in [-0.4, -0.2) is 0 Å². The molecule has 0 aliphatic heterocycles. The van der Waals surface area contributed by atoms with Gasteiger partial charge in [-0.1, -0.05) is 127 Å². The van der Waals surface area contributed by atoms with Crippen molar-refractivity contribution < 1.29 is 0 Å². The Morgan fingerprint density at radius 2 is 1.03 bits per heavy atom. The predicted octanol–water partition coefficient (Wildman–Crippen LogP) is 9.68. The van der Waals surface area contributed by atoms with Gasteiger partial charge in [0.1, 0.15) is 0 Å². The van der Waals surface area contributed by atoms with Crippen LogP contribution in [0.5, 0.6) is 0 Å². The SMILES string of the molecule is C.CCCCCCCCCCCCc1ccc2ccc3cccc4ccc1c2c34. The van der Waals surface area contributed by atoms with E-state index in [0.717, 1.165) is 0 Å². The maximum Gasteiger partial charge on any atom is -0.00240 e. The zero-order chi connectivity index (χ0) is 19.2. The summed E-state index contributed by atoms with van der Waals surface area (Å²) in [5, 5.41) is 8.50. The Hall–Kier alpha value is -2.08. The Bertz CT molecular complexity index is 995. The van der Waals surface area contributed by atoms with Crippen molar-refractivity contribution in [2.75, 3.05) is 0 Å². The molecule has 0 saturated carbocycles. The number of benzene rings is 4. The summed E-state index contributed by atoms with van der Waals surface area (Å²) in [6.45, 7) is 2.29. The molecule has 0 nitrogen and oxygen atoms in total. The van der Waals surface area contributed by atoms with Crippen LogP contribution in [-0.2, 0) is 6.42 Å². The molecular formula is C29H38. The highest BCUT2D eigenvalue weighted by Crippen LogP contribution is 2.36. The Kier molecular flexibility index (Phi) is 7.92. The molecule has 0 amide bonds.